The van der Waals surface area contributed by atoms with Crippen LogP contribution in [0.3, 0.4) is 0 Å². The number of nitrogen functional groups attached to an aromatic ring is 1. The molecular formula is C14H15N3O. The fraction of sp³-hybridized carbons (Fsp3) is 0.143. The summed E-state index contributed by atoms with van der Waals surface area (Å²) in [5, 5.41) is 0. The number of nitrogens with zero attached hydrogens (tertiary/aromatic N) is 2. The number of hydrogen-bond donors (Lipinski definition) is 1. The molecule has 0 aliphatic carbocycles. The number of hydrogen-bond acceptors (Lipinski definition) is 3. The molecule has 1 aromatic heterocycles. The van der Waals surface area contributed by atoms with Crippen LogP contribution in [0.15, 0.2) is 48.8 Å². The van der Waals surface area contributed by atoms with Crippen molar-refractivity contribution in [3.63, 3.8) is 0 Å². The van der Waals surface area contributed by atoms with Crippen molar-refractivity contribution in [3.05, 3.63) is 59.9 Å². The predicted molar refractivity (Wildman–Crippen MR) is 70.9 cm³/mol. The molecule has 0 saturated heterocycles. The number of pyridine rings is 1. The molecule has 0 aliphatic heterocycles. The third kappa shape index (κ3) is 2.66. The lowest BCUT2D eigenvalue weighted by molar-refractivity contribution is 0.0785. The van der Waals surface area contributed by atoms with E-state index in [9.17, 15) is 4.79 Å². The van der Waals surface area contributed by atoms with Gasteiger partial charge in [-0.05, 0) is 11.6 Å². The van der Waals surface area contributed by atoms with Gasteiger partial charge in [0.25, 0.3) is 5.91 Å². The van der Waals surface area contributed by atoms with Gasteiger partial charge in [-0.15, -0.1) is 0 Å². The summed E-state index contributed by atoms with van der Waals surface area (Å²) < 4.78 is 0. The minimum absolute atomic E-state index is 0.121. The molecule has 0 radical (unpaired) electrons. The van der Waals surface area contributed by atoms with E-state index in [1.54, 1.807) is 24.2 Å². The molecule has 4 nitrogen and oxygen atoms in total. The monoisotopic (exact) mass is 241 g/mol. The number of amides is 1. The molecule has 0 unspecified atom stereocenters. The van der Waals surface area contributed by atoms with Gasteiger partial charge in [0, 0.05) is 31.7 Å². The number of benzene rings is 1. The Balaban J connectivity index is 2.13. The van der Waals surface area contributed by atoms with Gasteiger partial charge in [-0.3, -0.25) is 9.78 Å². The molecule has 92 valence electrons. The summed E-state index contributed by atoms with van der Waals surface area (Å²) in [5.41, 5.74) is 7.74. The second kappa shape index (κ2) is 5.31. The minimum atomic E-state index is -0.121. The molecule has 1 amide bonds. The van der Waals surface area contributed by atoms with E-state index >= 15 is 0 Å². The predicted octanol–water partition coefficient (Wildman–Crippen LogP) is 1.94. The highest BCUT2D eigenvalue weighted by Gasteiger charge is 2.14. The van der Waals surface area contributed by atoms with Gasteiger partial charge in [-0.25, -0.2) is 0 Å². The van der Waals surface area contributed by atoms with Gasteiger partial charge >= 0.3 is 0 Å². The van der Waals surface area contributed by atoms with Crippen LogP contribution >= 0.6 is 0 Å². The molecule has 2 N–H and O–H groups in total. The van der Waals surface area contributed by atoms with Crippen LogP contribution in [-0.2, 0) is 6.54 Å². The number of carbonyl (C=O) groups excluding carboxylic acids is 1. The summed E-state index contributed by atoms with van der Waals surface area (Å²) in [7, 11) is 1.75. The molecule has 0 aliphatic rings. The first kappa shape index (κ1) is 12.1. The average Bonchev–Trinajstić information content (AvgIpc) is 2.39. The topological polar surface area (TPSA) is 59.2 Å². The third-order valence-electron chi connectivity index (χ3n) is 2.69. The standard InChI is InChI=1S/C14H15N3O/c1-17(10-11-5-3-2-4-6-11)14(18)12-9-16-8-7-13(12)15/h2-9H,10H2,1H3,(H2,15,16). The van der Waals surface area contributed by atoms with E-state index in [-0.39, 0.29) is 5.91 Å². The maximum absolute atomic E-state index is 12.2. The van der Waals surface area contributed by atoms with Crippen LogP contribution in [0.25, 0.3) is 0 Å². The molecule has 2 rings (SSSR count). The van der Waals surface area contributed by atoms with Crippen LogP contribution < -0.4 is 5.73 Å². The van der Waals surface area contributed by atoms with Crippen molar-refractivity contribution in [1.82, 2.24) is 9.88 Å². The number of carbonyl (C=O) groups is 1. The zero-order valence-electron chi connectivity index (χ0n) is 10.2. The van der Waals surface area contributed by atoms with Gasteiger partial charge < -0.3 is 10.6 Å². The second-order valence-corrected chi connectivity index (χ2v) is 4.11. The Bertz CT molecular complexity index is 540. The fourth-order valence-electron chi connectivity index (χ4n) is 1.72. The third-order valence-corrected chi connectivity index (χ3v) is 2.69. The summed E-state index contributed by atoms with van der Waals surface area (Å²) >= 11 is 0. The van der Waals surface area contributed by atoms with E-state index in [0.29, 0.717) is 17.8 Å². The van der Waals surface area contributed by atoms with E-state index in [1.807, 2.05) is 30.3 Å². The van der Waals surface area contributed by atoms with E-state index in [4.69, 9.17) is 5.73 Å². The summed E-state index contributed by atoms with van der Waals surface area (Å²) in [6.45, 7) is 0.550. The number of rotatable bonds is 3. The van der Waals surface area contributed by atoms with E-state index in [1.165, 1.54) is 6.20 Å². The summed E-state index contributed by atoms with van der Waals surface area (Å²) in [4.78, 5) is 17.7. The van der Waals surface area contributed by atoms with Crippen molar-refractivity contribution in [2.24, 2.45) is 0 Å². The highest BCUT2D eigenvalue weighted by atomic mass is 16.2. The molecule has 0 spiro atoms. The Morgan fingerprint density at radius 3 is 2.67 bits per heavy atom. The summed E-state index contributed by atoms with van der Waals surface area (Å²) in [6, 6.07) is 11.4. The van der Waals surface area contributed by atoms with Gasteiger partial charge in [0.15, 0.2) is 0 Å². The van der Waals surface area contributed by atoms with Gasteiger partial charge in [0.2, 0.25) is 0 Å². The highest BCUT2D eigenvalue weighted by Crippen LogP contribution is 2.13. The van der Waals surface area contributed by atoms with Crippen LogP contribution in [0.1, 0.15) is 15.9 Å². The van der Waals surface area contributed by atoms with Crippen molar-refractivity contribution in [2.45, 2.75) is 6.54 Å². The van der Waals surface area contributed by atoms with Crippen molar-refractivity contribution in [1.29, 1.82) is 0 Å². The molecule has 4 heteroatoms. The molecule has 0 atom stereocenters. The SMILES string of the molecule is CN(Cc1ccccc1)C(=O)c1cnccc1N. The molecule has 0 fully saturated rings. The Kier molecular flexibility index (Phi) is 3.57. The lowest BCUT2D eigenvalue weighted by atomic mass is 10.2. The molecule has 0 bridgehead atoms. The molecule has 18 heavy (non-hydrogen) atoms. The van der Waals surface area contributed by atoms with Crippen molar-refractivity contribution < 1.29 is 4.79 Å². The van der Waals surface area contributed by atoms with Crippen molar-refractivity contribution >= 4 is 11.6 Å². The molecular weight excluding hydrogens is 226 g/mol. The second-order valence-electron chi connectivity index (χ2n) is 4.11. The molecule has 1 aromatic carbocycles. The quantitative estimate of drug-likeness (QED) is 0.893. The average molecular weight is 241 g/mol. The maximum Gasteiger partial charge on any atom is 0.257 e. The Labute approximate surface area is 106 Å². The molecule has 0 saturated carbocycles. The van der Waals surface area contributed by atoms with Gasteiger partial charge in [0.05, 0.1) is 5.56 Å². The molecule has 2 aromatic rings. The lowest BCUT2D eigenvalue weighted by Gasteiger charge is -2.17. The Morgan fingerprint density at radius 1 is 1.28 bits per heavy atom. The number of nitrogens with two attached hydrogens (primary N) is 1. The van der Waals surface area contributed by atoms with Crippen LogP contribution in [0.2, 0.25) is 0 Å². The van der Waals surface area contributed by atoms with E-state index < -0.39 is 0 Å². The zero-order chi connectivity index (χ0) is 13.0. The largest absolute Gasteiger partial charge is 0.398 e. The van der Waals surface area contributed by atoms with Crippen LogP contribution in [0.5, 0.6) is 0 Å². The number of aromatic nitrogens is 1. The van der Waals surface area contributed by atoms with Gasteiger partial charge in [0.1, 0.15) is 0 Å². The minimum Gasteiger partial charge on any atom is -0.398 e. The molecule has 1 heterocycles. The van der Waals surface area contributed by atoms with Gasteiger partial charge in [-0.1, -0.05) is 30.3 Å². The van der Waals surface area contributed by atoms with Gasteiger partial charge in [-0.2, -0.15) is 0 Å². The van der Waals surface area contributed by atoms with Crippen LogP contribution in [0, 0.1) is 0 Å². The highest BCUT2D eigenvalue weighted by molar-refractivity contribution is 5.98. The Morgan fingerprint density at radius 2 is 2.00 bits per heavy atom. The van der Waals surface area contributed by atoms with Crippen molar-refractivity contribution in [3.8, 4) is 0 Å². The number of anilines is 1. The van der Waals surface area contributed by atoms with Crippen LogP contribution in [0.4, 0.5) is 5.69 Å². The maximum atomic E-state index is 12.2. The van der Waals surface area contributed by atoms with Crippen LogP contribution in [-0.4, -0.2) is 22.8 Å². The first-order chi connectivity index (χ1) is 8.68. The zero-order valence-corrected chi connectivity index (χ0v) is 10.2. The summed E-state index contributed by atoms with van der Waals surface area (Å²) in [6.07, 6.45) is 3.07. The normalized spacial score (nSPS) is 10.1. The fourth-order valence-corrected chi connectivity index (χ4v) is 1.72. The van der Waals surface area contributed by atoms with E-state index in [2.05, 4.69) is 4.98 Å². The van der Waals surface area contributed by atoms with Crippen molar-refractivity contribution in [2.75, 3.05) is 12.8 Å². The summed E-state index contributed by atoms with van der Waals surface area (Å²) in [5.74, 6) is -0.121. The Hall–Kier alpha value is -2.36. The first-order valence-electron chi connectivity index (χ1n) is 5.67. The smallest absolute Gasteiger partial charge is 0.257 e. The first-order valence-corrected chi connectivity index (χ1v) is 5.67. The van der Waals surface area contributed by atoms with E-state index in [0.717, 1.165) is 5.56 Å². The lowest BCUT2D eigenvalue weighted by Crippen LogP contribution is -2.27.